The molecule has 0 fully saturated rings. The van der Waals surface area contributed by atoms with E-state index in [2.05, 4.69) is 20.4 Å². The summed E-state index contributed by atoms with van der Waals surface area (Å²) >= 11 is 1.34. The van der Waals surface area contributed by atoms with Crippen LogP contribution < -0.4 is 5.32 Å². The van der Waals surface area contributed by atoms with Gasteiger partial charge in [0.2, 0.25) is 0 Å². The first-order valence-corrected chi connectivity index (χ1v) is 10.2. The minimum atomic E-state index is -0.556. The summed E-state index contributed by atoms with van der Waals surface area (Å²) < 4.78 is 17.1. The summed E-state index contributed by atoms with van der Waals surface area (Å²) in [7, 11) is 1.87. The van der Waals surface area contributed by atoms with Crippen molar-refractivity contribution < 1.29 is 9.18 Å². The summed E-state index contributed by atoms with van der Waals surface area (Å²) in [4.78, 5) is 20.4. The first kappa shape index (κ1) is 16.8. The topological polar surface area (TPSA) is 72.7 Å². The molecule has 0 aliphatic carbocycles. The van der Waals surface area contributed by atoms with E-state index < -0.39 is 5.82 Å². The van der Waals surface area contributed by atoms with Crippen LogP contribution in [-0.2, 0) is 7.05 Å². The molecule has 0 aromatic carbocycles. The number of hydrogen-bond donors (Lipinski definition) is 1. The number of halogens is 1. The van der Waals surface area contributed by atoms with Gasteiger partial charge in [0.1, 0.15) is 0 Å². The second-order valence-corrected chi connectivity index (χ2v) is 8.52. The van der Waals surface area contributed by atoms with Crippen molar-refractivity contribution in [1.29, 1.82) is 0 Å². The van der Waals surface area contributed by atoms with Crippen LogP contribution in [0.15, 0.2) is 48.2 Å². The number of carbonyl (C=O) groups excluding carboxylic acids is 1. The van der Waals surface area contributed by atoms with Crippen LogP contribution in [0.5, 0.6) is 0 Å². The molecule has 26 heavy (non-hydrogen) atoms. The van der Waals surface area contributed by atoms with Crippen LogP contribution in [0.25, 0.3) is 20.8 Å². The first-order chi connectivity index (χ1) is 12.6. The average Bonchev–Trinajstić information content (AvgIpc) is 3.36. The second kappa shape index (κ2) is 6.95. The molecule has 0 saturated heterocycles. The van der Waals surface area contributed by atoms with E-state index in [0.717, 1.165) is 27.0 Å². The van der Waals surface area contributed by atoms with Gasteiger partial charge in [-0.2, -0.15) is 0 Å². The summed E-state index contributed by atoms with van der Waals surface area (Å²) in [6, 6.07) is 7.11. The number of carbonyl (C=O) groups is 1. The molecular weight excluding hydrogens is 420 g/mol. The molecule has 4 rings (SSSR count). The van der Waals surface area contributed by atoms with Gasteiger partial charge in [0.25, 0.3) is 0 Å². The molecular formula is C17H12FN5OSSe. The Kier molecular flexibility index (Phi) is 4.50. The zero-order valence-corrected chi connectivity index (χ0v) is 16.0. The molecule has 0 aliphatic heterocycles. The molecule has 130 valence electrons. The fourth-order valence-corrected chi connectivity index (χ4v) is 4.99. The third-order valence-electron chi connectivity index (χ3n) is 3.63. The second-order valence-electron chi connectivity index (χ2n) is 5.35. The third kappa shape index (κ3) is 3.24. The summed E-state index contributed by atoms with van der Waals surface area (Å²) in [5.74, 6) is -0.858. The SMILES string of the molecule is Cn1nc(-c2nccs2)cc1-c1ccc(C(=O)Nc2ccncc2F)[se]1. The predicted octanol–water partition coefficient (Wildman–Crippen LogP) is 3.05. The Hall–Kier alpha value is -2.61. The van der Waals surface area contributed by atoms with Gasteiger partial charge in [-0.15, -0.1) is 0 Å². The molecule has 4 heterocycles. The molecule has 1 N–H and O–H groups in total. The molecule has 4 aromatic rings. The van der Waals surface area contributed by atoms with E-state index in [4.69, 9.17) is 0 Å². The number of aryl methyl sites for hydroxylation is 1. The number of anilines is 1. The van der Waals surface area contributed by atoms with E-state index in [0.29, 0.717) is 4.44 Å². The van der Waals surface area contributed by atoms with Crippen LogP contribution in [0.4, 0.5) is 10.1 Å². The number of pyridine rings is 1. The zero-order valence-electron chi connectivity index (χ0n) is 13.5. The van der Waals surface area contributed by atoms with Gasteiger partial charge in [-0.05, 0) is 0 Å². The monoisotopic (exact) mass is 433 g/mol. The molecule has 1 amide bonds. The summed E-state index contributed by atoms with van der Waals surface area (Å²) in [5.41, 5.74) is 1.89. The third-order valence-corrected chi connectivity index (χ3v) is 6.75. The maximum atomic E-state index is 13.6. The van der Waals surface area contributed by atoms with E-state index in [1.54, 1.807) is 16.9 Å². The molecule has 0 radical (unpaired) electrons. The predicted molar refractivity (Wildman–Crippen MR) is 98.8 cm³/mol. The van der Waals surface area contributed by atoms with E-state index in [9.17, 15) is 9.18 Å². The quantitative estimate of drug-likeness (QED) is 0.504. The molecule has 0 spiro atoms. The molecule has 0 aliphatic rings. The standard InChI is InChI=1S/C17H12FN5OSSe/c1-23-13(8-12(22-23)17-20-6-7-25-17)14-2-3-15(26-14)16(24)21-11-4-5-19-9-10(11)18/h2-9H,1H3,(H,19,21,24). The van der Waals surface area contributed by atoms with Gasteiger partial charge in [0.15, 0.2) is 0 Å². The summed E-state index contributed by atoms with van der Waals surface area (Å²) in [6.07, 6.45) is 4.25. The van der Waals surface area contributed by atoms with Gasteiger partial charge in [-0.25, -0.2) is 0 Å². The van der Waals surface area contributed by atoms with Gasteiger partial charge in [-0.3, -0.25) is 0 Å². The fourth-order valence-electron chi connectivity index (χ4n) is 2.41. The van der Waals surface area contributed by atoms with E-state index in [1.807, 2.05) is 24.6 Å². The van der Waals surface area contributed by atoms with Crippen molar-refractivity contribution in [1.82, 2.24) is 19.7 Å². The van der Waals surface area contributed by atoms with Crippen LogP contribution in [0, 0.1) is 5.82 Å². The minimum absolute atomic E-state index is 0.127. The van der Waals surface area contributed by atoms with Gasteiger partial charge < -0.3 is 0 Å². The fraction of sp³-hybridized carbons (Fsp3) is 0.0588. The Morgan fingerprint density at radius 1 is 1.31 bits per heavy atom. The molecule has 0 atom stereocenters. The Morgan fingerprint density at radius 3 is 2.96 bits per heavy atom. The molecule has 6 nitrogen and oxygen atoms in total. The van der Waals surface area contributed by atoms with Crippen molar-refractivity contribution >= 4 is 37.4 Å². The van der Waals surface area contributed by atoms with Gasteiger partial charge in [-0.1, -0.05) is 0 Å². The Labute approximate surface area is 158 Å². The molecule has 9 heteroatoms. The van der Waals surface area contributed by atoms with Crippen molar-refractivity contribution in [3.8, 4) is 20.8 Å². The van der Waals surface area contributed by atoms with Crippen LogP contribution >= 0.6 is 11.3 Å². The van der Waals surface area contributed by atoms with Gasteiger partial charge >= 0.3 is 158 Å². The number of amides is 1. The molecule has 4 aromatic heterocycles. The van der Waals surface area contributed by atoms with Gasteiger partial charge in [0, 0.05) is 0 Å². The van der Waals surface area contributed by atoms with Crippen molar-refractivity contribution in [3.05, 3.63) is 58.5 Å². The Bertz CT molecular complexity index is 1070. The number of nitrogens with zero attached hydrogens (tertiary/aromatic N) is 4. The molecule has 0 bridgehead atoms. The molecule has 0 unspecified atom stereocenters. The van der Waals surface area contributed by atoms with Crippen molar-refractivity contribution in [2.24, 2.45) is 7.05 Å². The van der Waals surface area contributed by atoms with Crippen LogP contribution in [0.1, 0.15) is 9.23 Å². The Balaban J connectivity index is 1.58. The summed E-state index contributed by atoms with van der Waals surface area (Å²) in [5, 5.41) is 9.86. The first-order valence-electron chi connectivity index (χ1n) is 7.57. The van der Waals surface area contributed by atoms with Gasteiger partial charge in [0.05, 0.1) is 0 Å². The maximum absolute atomic E-state index is 13.6. The Morgan fingerprint density at radius 2 is 2.19 bits per heavy atom. The van der Waals surface area contributed by atoms with E-state index in [-0.39, 0.29) is 26.1 Å². The van der Waals surface area contributed by atoms with E-state index >= 15 is 0 Å². The van der Waals surface area contributed by atoms with Crippen molar-refractivity contribution in [3.63, 3.8) is 0 Å². The number of hydrogen-bond acceptors (Lipinski definition) is 5. The average molecular weight is 432 g/mol. The van der Waals surface area contributed by atoms with Crippen LogP contribution in [-0.4, -0.2) is 40.2 Å². The number of aromatic nitrogens is 4. The normalized spacial score (nSPS) is 10.8. The van der Waals surface area contributed by atoms with Crippen LogP contribution in [0.3, 0.4) is 0 Å². The summed E-state index contributed by atoms with van der Waals surface area (Å²) in [6.45, 7) is 0. The molecule has 0 saturated carbocycles. The number of thiazole rings is 1. The van der Waals surface area contributed by atoms with Crippen LogP contribution in [0.2, 0.25) is 0 Å². The van der Waals surface area contributed by atoms with Crippen molar-refractivity contribution in [2.75, 3.05) is 5.32 Å². The number of rotatable bonds is 4. The zero-order chi connectivity index (χ0) is 18.1. The van der Waals surface area contributed by atoms with Crippen molar-refractivity contribution in [2.45, 2.75) is 0 Å². The van der Waals surface area contributed by atoms with E-state index in [1.165, 1.54) is 23.6 Å². The number of nitrogens with one attached hydrogen (secondary N) is 1.